The Morgan fingerprint density at radius 3 is 2.23 bits per heavy atom. The minimum Gasteiger partial charge on any atom is -0.460 e. The Balaban J connectivity index is 2.90. The highest BCUT2D eigenvalue weighted by Crippen LogP contribution is 2.23. The van der Waals surface area contributed by atoms with Gasteiger partial charge in [0.1, 0.15) is 23.8 Å². The van der Waals surface area contributed by atoms with Crippen LogP contribution in [0.15, 0.2) is 0 Å². The Kier molecular flexibility index (Phi) is 9.28. The van der Waals surface area contributed by atoms with Crippen LogP contribution in [0.25, 0.3) is 0 Å². The van der Waals surface area contributed by atoms with Crippen molar-refractivity contribution in [2.75, 3.05) is 20.7 Å². The lowest BCUT2D eigenvalue weighted by molar-refractivity contribution is -0.150. The highest BCUT2D eigenvalue weighted by Gasteiger charge is 2.41. The number of likely N-dealkylation sites (N-methyl/N-ethyl adjacent to an activating group) is 1. The molecule has 31 heavy (non-hydrogen) atoms. The Morgan fingerprint density at radius 1 is 1.16 bits per heavy atom. The highest BCUT2D eigenvalue weighted by molar-refractivity contribution is 5.91. The van der Waals surface area contributed by atoms with Gasteiger partial charge in [-0.2, -0.15) is 0 Å². The second-order valence-corrected chi connectivity index (χ2v) is 8.90. The number of amides is 3. The first-order chi connectivity index (χ1) is 14.2. The van der Waals surface area contributed by atoms with Crippen LogP contribution >= 0.6 is 0 Å². The molecule has 1 N–H and O–H groups in total. The van der Waals surface area contributed by atoms with E-state index in [4.69, 9.17) is 14.2 Å². The van der Waals surface area contributed by atoms with E-state index in [1.165, 1.54) is 26.0 Å². The number of esters is 1. The second kappa shape index (κ2) is 10.8. The van der Waals surface area contributed by atoms with Crippen LogP contribution in [0, 0.1) is 0 Å². The van der Waals surface area contributed by atoms with Crippen LogP contribution in [0.3, 0.4) is 0 Å². The van der Waals surface area contributed by atoms with E-state index in [0.717, 1.165) is 0 Å². The summed E-state index contributed by atoms with van der Waals surface area (Å²) in [6.07, 6.45) is -1.13. The normalized spacial score (nSPS) is 21.6. The summed E-state index contributed by atoms with van der Waals surface area (Å²) in [5, 5.41) is 2.71. The summed E-state index contributed by atoms with van der Waals surface area (Å²) in [5.41, 5.74) is -0.699. The van der Waals surface area contributed by atoms with Crippen molar-refractivity contribution in [3.8, 4) is 0 Å². The molecular formula is C21H37N3O7. The van der Waals surface area contributed by atoms with E-state index in [1.807, 2.05) is 0 Å². The number of nitrogens with zero attached hydrogens (tertiary/aromatic N) is 2. The van der Waals surface area contributed by atoms with Gasteiger partial charge >= 0.3 is 12.1 Å². The van der Waals surface area contributed by atoms with Crippen molar-refractivity contribution in [3.63, 3.8) is 0 Å². The second-order valence-electron chi connectivity index (χ2n) is 8.90. The van der Waals surface area contributed by atoms with Crippen molar-refractivity contribution in [3.05, 3.63) is 0 Å². The minimum atomic E-state index is -0.967. The van der Waals surface area contributed by atoms with Crippen LogP contribution < -0.4 is 5.32 Å². The fraction of sp³-hybridized carbons (Fsp3) is 0.810. The molecule has 0 bridgehead atoms. The summed E-state index contributed by atoms with van der Waals surface area (Å²) in [5.74, 6) is -1.25. The highest BCUT2D eigenvalue weighted by atomic mass is 16.6. The fourth-order valence-electron chi connectivity index (χ4n) is 3.23. The van der Waals surface area contributed by atoms with Crippen LogP contribution in [-0.4, -0.2) is 90.3 Å². The maximum atomic E-state index is 13.2. The average Bonchev–Trinajstić information content (AvgIpc) is 3.01. The van der Waals surface area contributed by atoms with Gasteiger partial charge in [-0.05, 0) is 41.5 Å². The van der Waals surface area contributed by atoms with Crippen LogP contribution in [-0.2, 0) is 28.6 Å². The predicted octanol–water partition coefficient (Wildman–Crippen LogP) is 1.31. The molecule has 1 saturated heterocycles. The Bertz CT molecular complexity index is 676. The number of ether oxygens (including phenoxy) is 3. The van der Waals surface area contributed by atoms with Gasteiger partial charge in [0.15, 0.2) is 0 Å². The largest absolute Gasteiger partial charge is 0.460 e. The SMILES string of the molecule is CO[C@H](C)[C@H](NC(=O)[C@H](C)N(C)C(=O)OC(C)(C)C)C(=O)N1CC[C@H](OC(C)=O)[C@H]1C. The van der Waals surface area contributed by atoms with E-state index >= 15 is 0 Å². The van der Waals surface area contributed by atoms with Gasteiger partial charge in [-0.3, -0.25) is 19.3 Å². The summed E-state index contributed by atoms with van der Waals surface area (Å²) in [6.45, 7) is 12.0. The van der Waals surface area contributed by atoms with E-state index in [0.29, 0.717) is 13.0 Å². The molecular weight excluding hydrogens is 406 g/mol. The molecule has 10 nitrogen and oxygen atoms in total. The average molecular weight is 444 g/mol. The number of hydrogen-bond donors (Lipinski definition) is 1. The van der Waals surface area contributed by atoms with E-state index in [1.54, 1.807) is 46.4 Å². The number of nitrogens with one attached hydrogen (secondary N) is 1. The zero-order valence-electron chi connectivity index (χ0n) is 20.1. The molecule has 0 spiro atoms. The standard InChI is InChI=1S/C21H37N3O7/c1-12-16(30-15(4)25)10-11-24(12)19(27)17(14(3)29-9)22-18(26)13(2)23(8)20(28)31-21(5,6)7/h12-14,16-17H,10-11H2,1-9H3,(H,22,26)/t12-,13+,14-,16+,17+/m1/s1. The van der Waals surface area contributed by atoms with Gasteiger partial charge in [0, 0.05) is 34.0 Å². The van der Waals surface area contributed by atoms with Crippen molar-refractivity contribution in [2.24, 2.45) is 0 Å². The van der Waals surface area contributed by atoms with Gasteiger partial charge in [0.2, 0.25) is 11.8 Å². The summed E-state index contributed by atoms with van der Waals surface area (Å²) in [7, 11) is 2.91. The summed E-state index contributed by atoms with van der Waals surface area (Å²) in [6, 6.07) is -2.17. The molecule has 1 heterocycles. The zero-order chi connectivity index (χ0) is 24.1. The zero-order valence-corrected chi connectivity index (χ0v) is 20.1. The van der Waals surface area contributed by atoms with E-state index in [9.17, 15) is 19.2 Å². The molecule has 178 valence electrons. The van der Waals surface area contributed by atoms with Crippen molar-refractivity contribution >= 4 is 23.9 Å². The molecule has 1 aliphatic rings. The number of methoxy groups -OCH3 is 1. The molecule has 3 amide bonds. The number of carbonyl (C=O) groups is 4. The Labute approximate surface area is 184 Å². The quantitative estimate of drug-likeness (QED) is 0.590. The monoisotopic (exact) mass is 443 g/mol. The molecule has 10 heteroatoms. The Hall–Kier alpha value is -2.36. The van der Waals surface area contributed by atoms with Crippen molar-refractivity contribution in [2.45, 2.75) is 90.8 Å². The van der Waals surface area contributed by atoms with Gasteiger partial charge in [-0.25, -0.2) is 4.79 Å². The number of carbonyl (C=O) groups excluding carboxylic acids is 4. The van der Waals surface area contributed by atoms with Crippen LogP contribution in [0.2, 0.25) is 0 Å². The first kappa shape index (κ1) is 26.7. The molecule has 0 aromatic rings. The molecule has 5 atom stereocenters. The van der Waals surface area contributed by atoms with Gasteiger partial charge in [-0.15, -0.1) is 0 Å². The summed E-state index contributed by atoms with van der Waals surface area (Å²) in [4.78, 5) is 52.4. The maximum absolute atomic E-state index is 13.2. The van der Waals surface area contributed by atoms with Crippen LogP contribution in [0.4, 0.5) is 4.79 Å². The molecule has 0 aromatic heterocycles. The molecule has 1 aliphatic heterocycles. The van der Waals surface area contributed by atoms with Crippen molar-refractivity contribution < 1.29 is 33.4 Å². The van der Waals surface area contributed by atoms with Gasteiger partial charge < -0.3 is 24.4 Å². The van der Waals surface area contributed by atoms with Crippen LogP contribution in [0.1, 0.15) is 54.9 Å². The predicted molar refractivity (Wildman–Crippen MR) is 113 cm³/mol. The van der Waals surface area contributed by atoms with E-state index < -0.39 is 47.9 Å². The lowest BCUT2D eigenvalue weighted by Gasteiger charge is -2.33. The maximum Gasteiger partial charge on any atom is 0.410 e. The molecule has 0 aromatic carbocycles. The lowest BCUT2D eigenvalue weighted by Crippen LogP contribution is -2.58. The van der Waals surface area contributed by atoms with Crippen LogP contribution in [0.5, 0.6) is 0 Å². The van der Waals surface area contributed by atoms with Gasteiger partial charge in [0.25, 0.3) is 0 Å². The third kappa shape index (κ3) is 7.37. The number of rotatable bonds is 7. The molecule has 1 rings (SSSR count). The van der Waals surface area contributed by atoms with Gasteiger partial charge in [-0.1, -0.05) is 0 Å². The smallest absolute Gasteiger partial charge is 0.410 e. The molecule has 0 saturated carbocycles. The van der Waals surface area contributed by atoms with Crippen molar-refractivity contribution in [1.29, 1.82) is 0 Å². The van der Waals surface area contributed by atoms with E-state index in [2.05, 4.69) is 5.32 Å². The first-order valence-corrected chi connectivity index (χ1v) is 10.5. The molecule has 1 fully saturated rings. The van der Waals surface area contributed by atoms with Crippen molar-refractivity contribution in [1.82, 2.24) is 15.1 Å². The molecule has 0 aliphatic carbocycles. The summed E-state index contributed by atoms with van der Waals surface area (Å²) >= 11 is 0. The number of likely N-dealkylation sites (tertiary alicyclic amines) is 1. The summed E-state index contributed by atoms with van der Waals surface area (Å²) < 4.78 is 15.9. The topological polar surface area (TPSA) is 114 Å². The Morgan fingerprint density at radius 2 is 1.74 bits per heavy atom. The lowest BCUT2D eigenvalue weighted by atomic mass is 10.1. The minimum absolute atomic E-state index is 0.332. The molecule has 0 radical (unpaired) electrons. The third-order valence-electron chi connectivity index (χ3n) is 5.33. The van der Waals surface area contributed by atoms with Gasteiger partial charge in [0.05, 0.1) is 12.1 Å². The third-order valence-corrected chi connectivity index (χ3v) is 5.33. The fourth-order valence-corrected chi connectivity index (χ4v) is 3.23. The first-order valence-electron chi connectivity index (χ1n) is 10.5. The van der Waals surface area contributed by atoms with E-state index in [-0.39, 0.29) is 11.9 Å². The number of hydrogen-bond acceptors (Lipinski definition) is 7. The molecule has 0 unspecified atom stereocenters.